The third-order valence-electron chi connectivity index (χ3n) is 7.90. The monoisotopic (exact) mass is 657 g/mol. The van der Waals surface area contributed by atoms with Gasteiger partial charge in [0.25, 0.3) is 0 Å². The van der Waals surface area contributed by atoms with E-state index in [9.17, 15) is 9.59 Å². The number of carbonyl (C=O) groups is 2. The van der Waals surface area contributed by atoms with Crippen LogP contribution in [0.25, 0.3) is 33.6 Å². The summed E-state index contributed by atoms with van der Waals surface area (Å²) in [5, 5.41) is 9.00. The Kier molecular flexibility index (Phi) is 12.5. The van der Waals surface area contributed by atoms with Crippen LogP contribution >= 0.6 is 0 Å². The van der Waals surface area contributed by atoms with E-state index in [2.05, 4.69) is 119 Å². The number of rotatable bonds is 11. The number of benzene rings is 2. The quantitative estimate of drug-likeness (QED) is 0.0784. The van der Waals surface area contributed by atoms with Gasteiger partial charge in [-0.3, -0.25) is 15.4 Å². The molecule has 2 aromatic heterocycles. The highest BCUT2D eigenvalue weighted by atomic mass is 16.2. The van der Waals surface area contributed by atoms with Crippen molar-refractivity contribution in [2.45, 2.75) is 92.9 Å². The van der Waals surface area contributed by atoms with Gasteiger partial charge in [0.15, 0.2) is 0 Å². The highest BCUT2D eigenvalue weighted by Crippen LogP contribution is 2.33. The van der Waals surface area contributed by atoms with Gasteiger partial charge in [-0.2, -0.15) is 0 Å². The first-order valence-corrected chi connectivity index (χ1v) is 16.4. The van der Waals surface area contributed by atoms with Crippen molar-refractivity contribution in [1.82, 2.24) is 41.3 Å². The second-order valence-corrected chi connectivity index (χ2v) is 14.9. The summed E-state index contributed by atoms with van der Waals surface area (Å²) < 4.78 is 0. The number of aromatic nitrogens is 4. The molecule has 0 saturated carbocycles. The molecule has 2 aromatic carbocycles. The lowest BCUT2D eigenvalue weighted by atomic mass is 9.85. The number of hydrogen-bond acceptors (Lipinski definition) is 7. The van der Waals surface area contributed by atoms with Crippen LogP contribution in [0, 0.1) is 11.3 Å². The number of likely N-dealkylation sites (N-methyl/N-ethyl adjacent to an activating group) is 1. The second-order valence-electron chi connectivity index (χ2n) is 14.9. The topological polar surface area (TPSA) is 166 Å². The molecule has 48 heavy (non-hydrogen) atoms. The molecular weight excluding hydrogens is 602 g/mol. The van der Waals surface area contributed by atoms with Crippen molar-refractivity contribution in [3.63, 3.8) is 0 Å². The van der Waals surface area contributed by atoms with Gasteiger partial charge >= 0.3 is 0 Å². The van der Waals surface area contributed by atoms with Crippen LogP contribution in [0.1, 0.15) is 86.9 Å². The van der Waals surface area contributed by atoms with Crippen molar-refractivity contribution in [3.8, 4) is 33.6 Å². The largest absolute Gasteiger partial charge is 0.347 e. The fourth-order valence-electron chi connectivity index (χ4n) is 4.48. The molecule has 4 aromatic rings. The lowest BCUT2D eigenvalue weighted by Crippen LogP contribution is -2.57. The van der Waals surface area contributed by atoms with E-state index in [-0.39, 0.29) is 23.3 Å². The van der Waals surface area contributed by atoms with Crippen LogP contribution in [-0.4, -0.2) is 49.9 Å². The average molecular weight is 658 g/mol. The number of hydrogen-bond donors (Lipinski definition) is 7. The third-order valence-corrected chi connectivity index (χ3v) is 7.90. The van der Waals surface area contributed by atoms with E-state index in [1.165, 1.54) is 0 Å². The van der Waals surface area contributed by atoms with Crippen LogP contribution in [0.3, 0.4) is 0 Å². The number of hydrazine groups is 1. The van der Waals surface area contributed by atoms with Crippen LogP contribution < -0.4 is 27.2 Å². The predicted molar refractivity (Wildman–Crippen MR) is 194 cm³/mol. The SMILES string of the molecule is CC(C)C.CNC(C)(C)C(=O)NCc1ncc(-c2ccc(-c3ccc(-c4cnc(C(NC(=O)C(C)(C)NN)C(C)(C)C)[nH]4)cc3)cc2)[nH]1. The number of amides is 2. The van der Waals surface area contributed by atoms with E-state index in [1.54, 1.807) is 33.3 Å². The molecule has 0 bridgehead atoms. The Labute approximate surface area is 285 Å². The fourth-order valence-corrected chi connectivity index (χ4v) is 4.48. The summed E-state index contributed by atoms with van der Waals surface area (Å²) in [5.74, 6) is 7.48. The molecule has 0 aliphatic rings. The summed E-state index contributed by atoms with van der Waals surface area (Å²) in [4.78, 5) is 40.9. The lowest BCUT2D eigenvalue weighted by Gasteiger charge is -2.33. The van der Waals surface area contributed by atoms with Gasteiger partial charge in [0.1, 0.15) is 17.2 Å². The number of carbonyl (C=O) groups excluding carboxylic acids is 2. The van der Waals surface area contributed by atoms with Crippen molar-refractivity contribution in [1.29, 1.82) is 0 Å². The minimum Gasteiger partial charge on any atom is -0.347 e. The average Bonchev–Trinajstić information content (AvgIpc) is 3.72. The van der Waals surface area contributed by atoms with E-state index < -0.39 is 11.1 Å². The number of aromatic amines is 2. The molecule has 1 unspecified atom stereocenters. The van der Waals surface area contributed by atoms with E-state index in [0.717, 1.165) is 39.6 Å². The molecule has 0 aliphatic carbocycles. The lowest BCUT2D eigenvalue weighted by molar-refractivity contribution is -0.128. The minimum absolute atomic E-state index is 0.0934. The van der Waals surface area contributed by atoms with Crippen molar-refractivity contribution < 1.29 is 9.59 Å². The molecule has 1 atom stereocenters. The maximum atomic E-state index is 12.9. The first-order valence-electron chi connectivity index (χ1n) is 16.4. The van der Waals surface area contributed by atoms with E-state index in [1.807, 2.05) is 26.0 Å². The molecular formula is C37H55N9O2. The van der Waals surface area contributed by atoms with E-state index in [4.69, 9.17) is 5.84 Å². The van der Waals surface area contributed by atoms with Gasteiger partial charge in [0.05, 0.1) is 41.9 Å². The molecule has 0 saturated heterocycles. The zero-order chi connectivity index (χ0) is 35.9. The first-order chi connectivity index (χ1) is 22.4. The van der Waals surface area contributed by atoms with Crippen LogP contribution in [-0.2, 0) is 16.1 Å². The summed E-state index contributed by atoms with van der Waals surface area (Å²) in [6.07, 6.45) is 3.57. The standard InChI is InChI=1S/C33H45N9O2.C4H10/c1-31(2,3)27(41-30(44)33(6,7)42-34)28-37-18-25(40-28)23-15-11-21(12-16-23)20-9-13-22(14-10-20)24-17-36-26(39-24)19-38-29(43)32(4,5)35-8;1-4(2)3/h9-18,27,35,42H,19,34H2,1-8H3,(H,36,39)(H,37,40)(H,38,43)(H,41,44);4H,1-3H3. The molecule has 0 radical (unpaired) electrons. The molecule has 0 aliphatic heterocycles. The Balaban J connectivity index is 0.00000148. The second kappa shape index (κ2) is 15.7. The number of imidazole rings is 2. The Hall–Kier alpha value is -4.32. The predicted octanol–water partition coefficient (Wildman–Crippen LogP) is 5.86. The Morgan fingerprint density at radius 3 is 1.65 bits per heavy atom. The van der Waals surface area contributed by atoms with Gasteiger partial charge in [-0.05, 0) is 68.3 Å². The Morgan fingerprint density at radius 2 is 1.19 bits per heavy atom. The molecule has 2 amide bonds. The van der Waals surface area contributed by atoms with E-state index in [0.29, 0.717) is 18.2 Å². The number of nitrogens with two attached hydrogens (primary N) is 1. The Bertz CT molecular complexity index is 1620. The van der Waals surface area contributed by atoms with Gasteiger partial charge in [-0.1, -0.05) is 90.1 Å². The fraction of sp³-hybridized carbons (Fsp3) is 0.459. The summed E-state index contributed by atoms with van der Waals surface area (Å²) in [6.45, 7) is 20.1. The summed E-state index contributed by atoms with van der Waals surface area (Å²) in [6, 6.07) is 16.2. The molecule has 4 rings (SSSR count). The number of nitrogens with zero attached hydrogens (tertiary/aromatic N) is 2. The molecule has 11 nitrogen and oxygen atoms in total. The van der Waals surface area contributed by atoms with Crippen LogP contribution in [0.5, 0.6) is 0 Å². The maximum absolute atomic E-state index is 12.9. The highest BCUT2D eigenvalue weighted by Gasteiger charge is 2.35. The van der Waals surface area contributed by atoms with Crippen LogP contribution in [0.15, 0.2) is 60.9 Å². The van der Waals surface area contributed by atoms with Gasteiger partial charge in [0, 0.05) is 0 Å². The van der Waals surface area contributed by atoms with Crippen molar-refractivity contribution >= 4 is 11.8 Å². The van der Waals surface area contributed by atoms with Gasteiger partial charge in [0.2, 0.25) is 11.8 Å². The molecule has 8 N–H and O–H groups in total. The van der Waals surface area contributed by atoms with E-state index >= 15 is 0 Å². The van der Waals surface area contributed by atoms with Crippen LogP contribution in [0.4, 0.5) is 0 Å². The van der Waals surface area contributed by atoms with Gasteiger partial charge < -0.3 is 25.9 Å². The molecule has 0 spiro atoms. The van der Waals surface area contributed by atoms with Gasteiger partial charge in [-0.25, -0.2) is 15.4 Å². The smallest absolute Gasteiger partial charge is 0.241 e. The summed E-state index contributed by atoms with van der Waals surface area (Å²) in [7, 11) is 1.76. The molecule has 0 fully saturated rings. The molecule has 11 heteroatoms. The minimum atomic E-state index is -0.920. The number of H-pyrrole nitrogens is 2. The van der Waals surface area contributed by atoms with Crippen molar-refractivity contribution in [2.24, 2.45) is 17.2 Å². The normalized spacial score (nSPS) is 12.7. The molecule has 260 valence electrons. The van der Waals surface area contributed by atoms with Crippen molar-refractivity contribution in [3.05, 3.63) is 72.6 Å². The highest BCUT2D eigenvalue weighted by molar-refractivity contribution is 5.86. The first kappa shape index (κ1) is 38.1. The number of nitrogens with one attached hydrogen (secondary N) is 6. The van der Waals surface area contributed by atoms with Crippen LogP contribution in [0.2, 0.25) is 0 Å². The zero-order valence-corrected chi connectivity index (χ0v) is 30.4. The summed E-state index contributed by atoms with van der Waals surface area (Å²) >= 11 is 0. The Morgan fingerprint density at radius 1 is 0.729 bits per heavy atom. The van der Waals surface area contributed by atoms with Crippen molar-refractivity contribution in [2.75, 3.05) is 7.05 Å². The summed E-state index contributed by atoms with van der Waals surface area (Å²) in [5.41, 5.74) is 6.60. The third kappa shape index (κ3) is 10.1. The maximum Gasteiger partial charge on any atom is 0.241 e. The van der Waals surface area contributed by atoms with Gasteiger partial charge in [-0.15, -0.1) is 0 Å². The molecule has 2 heterocycles. The zero-order valence-electron chi connectivity index (χ0n) is 30.4.